The van der Waals surface area contributed by atoms with E-state index in [2.05, 4.69) is 15.3 Å². The molecule has 1 amide bonds. The molecule has 0 aliphatic heterocycles. The van der Waals surface area contributed by atoms with Crippen LogP contribution in [0.2, 0.25) is 0 Å². The third kappa shape index (κ3) is 6.61. The molecule has 1 aliphatic rings. The number of hydrogen-bond acceptors (Lipinski definition) is 6. The van der Waals surface area contributed by atoms with Crippen LogP contribution in [0, 0.1) is 0 Å². The maximum Gasteiger partial charge on any atom is 0.258 e. The lowest BCUT2D eigenvalue weighted by Crippen LogP contribution is -2.32. The topological polar surface area (TPSA) is 98.2 Å². The molecule has 150 valence electrons. The van der Waals surface area contributed by atoms with Crippen molar-refractivity contribution in [2.24, 2.45) is 0 Å². The van der Waals surface area contributed by atoms with Crippen LogP contribution in [0.1, 0.15) is 69.6 Å². The lowest BCUT2D eigenvalue weighted by atomic mass is 9.95. The average Bonchev–Trinajstić information content (AvgIpc) is 3.04. The van der Waals surface area contributed by atoms with Crippen molar-refractivity contribution in [2.45, 2.75) is 70.9 Å². The van der Waals surface area contributed by atoms with E-state index in [9.17, 15) is 13.2 Å². The minimum absolute atomic E-state index is 0.0572. The van der Waals surface area contributed by atoms with Gasteiger partial charge < -0.3 is 10.1 Å². The number of nitrogens with one attached hydrogen (secondary N) is 1. The van der Waals surface area contributed by atoms with Gasteiger partial charge in [-0.15, -0.1) is 0 Å². The predicted octanol–water partition coefficient (Wildman–Crippen LogP) is 2.77. The molecule has 7 nitrogen and oxygen atoms in total. The van der Waals surface area contributed by atoms with Crippen LogP contribution >= 0.6 is 0 Å². The van der Waals surface area contributed by atoms with Gasteiger partial charge in [-0.25, -0.2) is 13.4 Å². The predicted molar refractivity (Wildman–Crippen MR) is 105 cm³/mol. The van der Waals surface area contributed by atoms with Crippen LogP contribution < -0.4 is 10.1 Å². The zero-order valence-corrected chi connectivity index (χ0v) is 17.5. The Balaban J connectivity index is 2.25. The Morgan fingerprint density at radius 2 is 1.96 bits per heavy atom. The van der Waals surface area contributed by atoms with Crippen LogP contribution in [0.25, 0.3) is 0 Å². The Morgan fingerprint density at radius 3 is 2.52 bits per heavy atom. The van der Waals surface area contributed by atoms with Gasteiger partial charge in [-0.3, -0.25) is 4.79 Å². The zero-order chi connectivity index (χ0) is 20.2. The molecule has 0 radical (unpaired) electrons. The summed E-state index contributed by atoms with van der Waals surface area (Å²) in [6.07, 6.45) is 8.18. The molecule has 0 spiro atoms. The van der Waals surface area contributed by atoms with Gasteiger partial charge in [0.05, 0.1) is 0 Å². The van der Waals surface area contributed by atoms with E-state index in [0.29, 0.717) is 11.7 Å². The van der Waals surface area contributed by atoms with Gasteiger partial charge in [0, 0.05) is 29.3 Å². The first-order chi connectivity index (χ1) is 12.5. The van der Waals surface area contributed by atoms with E-state index in [1.807, 2.05) is 20.8 Å². The molecular weight excluding hydrogens is 366 g/mol. The molecule has 0 aromatic carbocycles. The Morgan fingerprint density at radius 1 is 1.33 bits per heavy atom. The quantitative estimate of drug-likeness (QED) is 0.795. The van der Waals surface area contributed by atoms with Crippen LogP contribution in [0.15, 0.2) is 17.7 Å². The highest BCUT2D eigenvalue weighted by Gasteiger charge is 2.25. The van der Waals surface area contributed by atoms with Gasteiger partial charge in [-0.1, -0.05) is 26.8 Å². The summed E-state index contributed by atoms with van der Waals surface area (Å²) in [6.45, 7) is 7.69. The molecule has 0 bridgehead atoms. The number of carbonyl (C=O) groups excluding carboxylic acids is 1. The van der Waals surface area contributed by atoms with E-state index in [0.717, 1.165) is 37.3 Å². The van der Waals surface area contributed by atoms with E-state index in [1.54, 1.807) is 6.92 Å². The summed E-state index contributed by atoms with van der Waals surface area (Å²) in [6, 6.07) is -0.464. The van der Waals surface area contributed by atoms with E-state index >= 15 is 0 Å². The molecule has 1 saturated carbocycles. The smallest absolute Gasteiger partial charge is 0.258 e. The van der Waals surface area contributed by atoms with Crippen molar-refractivity contribution in [1.29, 1.82) is 0 Å². The SMILES string of the molecule is CC(/C=C/S(C)(=O)=O)NC(=O)c1cnc(C(C)(C)C)nc1OC1CCCC1. The van der Waals surface area contributed by atoms with Crippen molar-refractivity contribution in [3.63, 3.8) is 0 Å². The molecular formula is C19H29N3O4S. The number of nitrogens with zero attached hydrogens (tertiary/aromatic N) is 2. The van der Waals surface area contributed by atoms with Gasteiger partial charge in [0.1, 0.15) is 17.5 Å². The lowest BCUT2D eigenvalue weighted by Gasteiger charge is -2.21. The van der Waals surface area contributed by atoms with Gasteiger partial charge in [0.25, 0.3) is 5.91 Å². The minimum atomic E-state index is -3.25. The normalized spacial score (nSPS) is 17.2. The Bertz CT molecular complexity index is 807. The highest BCUT2D eigenvalue weighted by Crippen LogP contribution is 2.27. The highest BCUT2D eigenvalue weighted by atomic mass is 32.2. The van der Waals surface area contributed by atoms with Crippen LogP contribution in [0.4, 0.5) is 0 Å². The van der Waals surface area contributed by atoms with Gasteiger partial charge in [0.2, 0.25) is 5.88 Å². The van der Waals surface area contributed by atoms with Crippen molar-refractivity contribution in [1.82, 2.24) is 15.3 Å². The first kappa shape index (κ1) is 21.3. The molecule has 1 aromatic rings. The van der Waals surface area contributed by atoms with E-state index in [1.165, 1.54) is 12.3 Å². The number of aromatic nitrogens is 2. The molecule has 27 heavy (non-hydrogen) atoms. The van der Waals surface area contributed by atoms with Crippen LogP contribution in [0.3, 0.4) is 0 Å². The van der Waals surface area contributed by atoms with Gasteiger partial charge in [-0.2, -0.15) is 4.98 Å². The summed E-state index contributed by atoms with van der Waals surface area (Å²) in [5, 5.41) is 3.82. The van der Waals surface area contributed by atoms with Crippen LogP contribution in [-0.4, -0.2) is 42.7 Å². The monoisotopic (exact) mass is 395 g/mol. The number of carbonyl (C=O) groups is 1. The van der Waals surface area contributed by atoms with E-state index in [-0.39, 0.29) is 17.1 Å². The van der Waals surface area contributed by atoms with E-state index in [4.69, 9.17) is 4.74 Å². The second kappa shape index (κ2) is 8.37. The van der Waals surface area contributed by atoms with Crippen LogP contribution in [0.5, 0.6) is 5.88 Å². The largest absolute Gasteiger partial charge is 0.474 e. The third-order valence-corrected chi connectivity index (χ3v) is 4.87. The number of hydrogen-bond donors (Lipinski definition) is 1. The van der Waals surface area contributed by atoms with Crippen molar-refractivity contribution < 1.29 is 17.9 Å². The fourth-order valence-electron chi connectivity index (χ4n) is 2.73. The Labute approximate surface area is 161 Å². The lowest BCUT2D eigenvalue weighted by molar-refractivity contribution is 0.0937. The molecule has 1 aromatic heterocycles. The molecule has 1 atom stereocenters. The Kier molecular flexibility index (Phi) is 6.62. The summed E-state index contributed by atoms with van der Waals surface area (Å²) in [5.74, 6) is 0.504. The second-order valence-corrected chi connectivity index (χ2v) is 10.0. The molecule has 0 saturated heterocycles. The number of rotatable bonds is 6. The first-order valence-corrected chi connectivity index (χ1v) is 11.1. The third-order valence-electron chi connectivity index (χ3n) is 4.22. The zero-order valence-electron chi connectivity index (χ0n) is 16.7. The van der Waals surface area contributed by atoms with Gasteiger partial charge in [-0.05, 0) is 32.6 Å². The summed E-state index contributed by atoms with van der Waals surface area (Å²) in [7, 11) is -3.25. The van der Waals surface area contributed by atoms with Crippen molar-refractivity contribution in [3.8, 4) is 5.88 Å². The van der Waals surface area contributed by atoms with Crippen molar-refractivity contribution in [3.05, 3.63) is 29.1 Å². The summed E-state index contributed by atoms with van der Waals surface area (Å²) in [4.78, 5) is 21.5. The van der Waals surface area contributed by atoms with Crippen molar-refractivity contribution in [2.75, 3.05) is 6.26 Å². The van der Waals surface area contributed by atoms with Gasteiger partial charge >= 0.3 is 0 Å². The molecule has 1 unspecified atom stereocenters. The number of sulfone groups is 1. The fraction of sp³-hybridized carbons (Fsp3) is 0.632. The molecule has 1 N–H and O–H groups in total. The molecule has 1 heterocycles. The van der Waals surface area contributed by atoms with Gasteiger partial charge in [0.15, 0.2) is 9.84 Å². The summed E-state index contributed by atoms with van der Waals surface area (Å²) >= 11 is 0. The Hall–Kier alpha value is -1.96. The second-order valence-electron chi connectivity index (χ2n) is 8.11. The minimum Gasteiger partial charge on any atom is -0.474 e. The van der Waals surface area contributed by atoms with Crippen molar-refractivity contribution >= 4 is 15.7 Å². The molecule has 8 heteroatoms. The maximum absolute atomic E-state index is 12.7. The number of ether oxygens (including phenoxy) is 1. The molecule has 1 aliphatic carbocycles. The highest BCUT2D eigenvalue weighted by molar-refractivity contribution is 7.93. The maximum atomic E-state index is 12.7. The van der Waals surface area contributed by atoms with E-state index < -0.39 is 21.8 Å². The number of amides is 1. The van der Waals surface area contributed by atoms with Crippen LogP contribution in [-0.2, 0) is 15.3 Å². The summed E-state index contributed by atoms with van der Waals surface area (Å²) < 4.78 is 28.5. The molecule has 1 fully saturated rings. The standard InChI is InChI=1S/C19H29N3O4S/c1-13(10-11-27(5,24)25)21-16(23)15-12-20-18(19(2,3)4)22-17(15)26-14-8-6-7-9-14/h10-14H,6-9H2,1-5H3,(H,21,23)/b11-10+. The first-order valence-electron chi connectivity index (χ1n) is 9.19. The molecule has 2 rings (SSSR count). The average molecular weight is 396 g/mol. The fourth-order valence-corrected chi connectivity index (χ4v) is 3.25. The summed E-state index contributed by atoms with van der Waals surface area (Å²) in [5.41, 5.74) is -0.0107.